The van der Waals surface area contributed by atoms with Crippen LogP contribution < -0.4 is 5.10 Å². The molecule has 0 aliphatic carbocycles. The first kappa shape index (κ1) is 4.62. The standard InChI is InChI=1S/C5H10N2/c1-5-3-4-7(2)6-5/h3-4H2,1-2H3/p+1. The van der Waals surface area contributed by atoms with E-state index in [4.69, 9.17) is 0 Å². The van der Waals surface area contributed by atoms with E-state index in [0.29, 0.717) is 0 Å². The Morgan fingerprint density at radius 3 is 2.57 bits per heavy atom. The maximum atomic E-state index is 3.17. The van der Waals surface area contributed by atoms with Crippen LogP contribution in [0.2, 0.25) is 0 Å². The third kappa shape index (κ3) is 0.918. The molecule has 0 spiro atoms. The molecule has 1 heterocycles. The van der Waals surface area contributed by atoms with Crippen LogP contribution in [0.15, 0.2) is 0 Å². The van der Waals surface area contributed by atoms with E-state index in [0.717, 1.165) is 6.54 Å². The summed E-state index contributed by atoms with van der Waals surface area (Å²) in [5, 5.41) is 5.26. The molecule has 0 saturated carbocycles. The van der Waals surface area contributed by atoms with Gasteiger partial charge in [0, 0.05) is 6.92 Å². The van der Waals surface area contributed by atoms with Crippen molar-refractivity contribution >= 4 is 5.71 Å². The quantitative estimate of drug-likeness (QED) is 0.403. The smallest absolute Gasteiger partial charge is 0.178 e. The van der Waals surface area contributed by atoms with Gasteiger partial charge in [0.25, 0.3) is 0 Å². The number of nitrogens with one attached hydrogen (secondary N) is 1. The Morgan fingerprint density at radius 2 is 2.43 bits per heavy atom. The van der Waals surface area contributed by atoms with Gasteiger partial charge in [-0.1, -0.05) is 0 Å². The molecule has 2 nitrogen and oxygen atoms in total. The maximum absolute atomic E-state index is 3.17. The van der Waals surface area contributed by atoms with Crippen molar-refractivity contribution in [3.05, 3.63) is 0 Å². The second-order valence-electron chi connectivity index (χ2n) is 2.06. The van der Waals surface area contributed by atoms with E-state index >= 15 is 0 Å². The van der Waals surface area contributed by atoms with Crippen LogP contribution in [0.4, 0.5) is 0 Å². The predicted molar refractivity (Wildman–Crippen MR) is 28.9 cm³/mol. The van der Waals surface area contributed by atoms with Crippen molar-refractivity contribution in [1.82, 2.24) is 5.01 Å². The lowest BCUT2D eigenvalue weighted by Crippen LogP contribution is -2.78. The molecule has 0 aromatic heterocycles. The van der Waals surface area contributed by atoms with E-state index in [2.05, 4.69) is 24.1 Å². The Bertz CT molecular complexity index is 96.3. The van der Waals surface area contributed by atoms with E-state index in [-0.39, 0.29) is 0 Å². The third-order valence-electron chi connectivity index (χ3n) is 1.20. The summed E-state index contributed by atoms with van der Waals surface area (Å²) >= 11 is 0. The molecule has 0 amide bonds. The van der Waals surface area contributed by atoms with Crippen molar-refractivity contribution in [3.63, 3.8) is 0 Å². The molecular weight excluding hydrogens is 88.1 g/mol. The van der Waals surface area contributed by atoms with E-state index in [9.17, 15) is 0 Å². The molecule has 1 rings (SSSR count). The van der Waals surface area contributed by atoms with E-state index in [1.165, 1.54) is 12.1 Å². The fraction of sp³-hybridized carbons (Fsp3) is 0.800. The minimum Gasteiger partial charge on any atom is -0.191 e. The molecule has 0 unspecified atom stereocenters. The van der Waals surface area contributed by atoms with Gasteiger partial charge < -0.3 is 0 Å². The van der Waals surface area contributed by atoms with Crippen molar-refractivity contribution < 1.29 is 5.10 Å². The minimum absolute atomic E-state index is 1.16. The second-order valence-corrected chi connectivity index (χ2v) is 2.06. The first-order valence-electron chi connectivity index (χ1n) is 2.59. The molecule has 0 fully saturated rings. The summed E-state index contributed by atoms with van der Waals surface area (Å²) in [7, 11) is 2.05. The molecule has 0 aromatic carbocycles. The Balaban J connectivity index is 2.50. The van der Waals surface area contributed by atoms with Crippen molar-refractivity contribution in [2.45, 2.75) is 13.3 Å². The van der Waals surface area contributed by atoms with Gasteiger partial charge in [-0.15, -0.1) is 5.10 Å². The normalized spacial score (nSPS) is 20.3. The van der Waals surface area contributed by atoms with Crippen molar-refractivity contribution in [2.24, 2.45) is 0 Å². The van der Waals surface area contributed by atoms with Gasteiger partial charge >= 0.3 is 0 Å². The molecule has 1 N–H and O–H groups in total. The highest BCUT2D eigenvalue weighted by Gasteiger charge is 2.10. The first-order valence-corrected chi connectivity index (χ1v) is 2.59. The summed E-state index contributed by atoms with van der Waals surface area (Å²) in [6, 6.07) is 0. The van der Waals surface area contributed by atoms with Gasteiger partial charge in [0.05, 0.1) is 20.0 Å². The van der Waals surface area contributed by atoms with Crippen LogP contribution in [0.1, 0.15) is 13.3 Å². The molecule has 0 saturated heterocycles. The number of nitrogens with zero attached hydrogens (tertiary/aromatic N) is 1. The predicted octanol–water partition coefficient (Wildman–Crippen LogP) is -1.22. The zero-order valence-corrected chi connectivity index (χ0v) is 4.86. The van der Waals surface area contributed by atoms with E-state index in [1.54, 1.807) is 0 Å². The number of rotatable bonds is 0. The molecule has 7 heavy (non-hydrogen) atoms. The van der Waals surface area contributed by atoms with Gasteiger partial charge in [-0.05, 0) is 0 Å². The molecule has 1 aliphatic rings. The largest absolute Gasteiger partial charge is 0.191 e. The van der Waals surface area contributed by atoms with Crippen LogP contribution >= 0.6 is 0 Å². The topological polar surface area (TPSA) is 17.2 Å². The zero-order chi connectivity index (χ0) is 5.28. The number of hydrogen-bond donors (Lipinski definition) is 1. The van der Waals surface area contributed by atoms with Crippen molar-refractivity contribution in [3.8, 4) is 0 Å². The highest BCUT2D eigenvalue weighted by molar-refractivity contribution is 5.76. The monoisotopic (exact) mass is 99.1 g/mol. The highest BCUT2D eigenvalue weighted by atomic mass is 15.4. The number of hydrazone groups is 1. The van der Waals surface area contributed by atoms with Gasteiger partial charge in [0.15, 0.2) is 5.71 Å². The van der Waals surface area contributed by atoms with E-state index < -0.39 is 0 Å². The third-order valence-corrected chi connectivity index (χ3v) is 1.20. The van der Waals surface area contributed by atoms with Crippen LogP contribution in [0.5, 0.6) is 0 Å². The van der Waals surface area contributed by atoms with Crippen molar-refractivity contribution in [2.75, 3.05) is 13.6 Å². The molecular formula is C5H11N2+. The van der Waals surface area contributed by atoms with Gasteiger partial charge in [0.1, 0.15) is 0 Å². The fourth-order valence-corrected chi connectivity index (χ4v) is 0.773. The molecule has 0 radical (unpaired) electrons. The Labute approximate surface area is 43.8 Å². The Morgan fingerprint density at radius 1 is 1.71 bits per heavy atom. The molecule has 0 aromatic rings. The van der Waals surface area contributed by atoms with Crippen molar-refractivity contribution in [1.29, 1.82) is 0 Å². The summed E-state index contributed by atoms with van der Waals surface area (Å²) < 4.78 is 0. The second kappa shape index (κ2) is 1.52. The maximum Gasteiger partial charge on any atom is 0.178 e. The minimum atomic E-state index is 1.16. The van der Waals surface area contributed by atoms with Gasteiger partial charge in [-0.25, -0.2) is 0 Å². The van der Waals surface area contributed by atoms with Crippen LogP contribution in [-0.2, 0) is 0 Å². The van der Waals surface area contributed by atoms with Crippen LogP contribution in [0.25, 0.3) is 0 Å². The summed E-state index contributed by atoms with van der Waals surface area (Å²) in [5.41, 5.74) is 1.38. The van der Waals surface area contributed by atoms with Crippen LogP contribution in [0.3, 0.4) is 0 Å². The summed E-state index contributed by atoms with van der Waals surface area (Å²) in [6.45, 7) is 3.27. The summed E-state index contributed by atoms with van der Waals surface area (Å²) in [5.74, 6) is 0. The fourth-order valence-electron chi connectivity index (χ4n) is 0.773. The number of hydrazine groups is 1. The molecule has 0 bridgehead atoms. The average Bonchev–Trinajstić information content (AvgIpc) is 1.87. The Hall–Kier alpha value is -0.530. The molecule has 2 heteroatoms. The average molecular weight is 99.2 g/mol. The Kier molecular flexibility index (Phi) is 1.01. The zero-order valence-electron chi connectivity index (χ0n) is 4.86. The van der Waals surface area contributed by atoms with Crippen LogP contribution in [0, 0.1) is 0 Å². The lowest BCUT2D eigenvalue weighted by molar-refractivity contribution is -0.627. The van der Waals surface area contributed by atoms with Gasteiger partial charge in [-0.3, -0.25) is 0 Å². The lowest BCUT2D eigenvalue weighted by Gasteiger charge is -1.92. The van der Waals surface area contributed by atoms with Crippen LogP contribution in [-0.4, -0.2) is 24.3 Å². The van der Waals surface area contributed by atoms with Gasteiger partial charge in [0.2, 0.25) is 0 Å². The first-order chi connectivity index (χ1) is 3.29. The molecule has 1 aliphatic heterocycles. The van der Waals surface area contributed by atoms with Gasteiger partial charge in [-0.2, -0.15) is 5.01 Å². The number of hydrogen-bond acceptors (Lipinski definition) is 1. The van der Waals surface area contributed by atoms with E-state index in [1.807, 2.05) is 0 Å². The molecule has 40 valence electrons. The SMILES string of the molecule is CC1=[NH+]N(C)CC1. The summed E-state index contributed by atoms with van der Waals surface area (Å²) in [4.78, 5) is 0. The lowest BCUT2D eigenvalue weighted by atomic mass is 10.3. The highest BCUT2D eigenvalue weighted by Crippen LogP contribution is 1.83. The molecule has 0 atom stereocenters. The summed E-state index contributed by atoms with van der Waals surface area (Å²) in [6.07, 6.45) is 1.20.